The number of nitrogens with two attached hydrogens (primary N) is 1. The van der Waals surface area contributed by atoms with E-state index in [0.29, 0.717) is 22.9 Å². The zero-order valence-corrected chi connectivity index (χ0v) is 15.9. The number of nitrogens with zero attached hydrogens (tertiary/aromatic N) is 5. The molecule has 2 N–H and O–H groups in total. The number of anilines is 1. The van der Waals surface area contributed by atoms with E-state index in [2.05, 4.69) is 34.8 Å². The molecule has 1 saturated heterocycles. The van der Waals surface area contributed by atoms with Crippen LogP contribution in [-0.4, -0.2) is 50.2 Å². The molecule has 0 unspecified atom stereocenters. The van der Waals surface area contributed by atoms with Gasteiger partial charge in [0.15, 0.2) is 11.5 Å². The fourth-order valence-electron chi connectivity index (χ4n) is 3.77. The third-order valence-electron chi connectivity index (χ3n) is 5.46. The number of para-hydroxylation sites is 1. The van der Waals surface area contributed by atoms with Crippen LogP contribution in [0.2, 0.25) is 0 Å². The van der Waals surface area contributed by atoms with Crippen LogP contribution >= 0.6 is 0 Å². The van der Waals surface area contributed by atoms with E-state index >= 15 is 0 Å². The molecule has 7 nitrogen and oxygen atoms in total. The van der Waals surface area contributed by atoms with Gasteiger partial charge in [-0.15, -0.1) is 11.5 Å². The van der Waals surface area contributed by atoms with Crippen molar-refractivity contribution in [3.8, 4) is 18.1 Å². The van der Waals surface area contributed by atoms with Crippen molar-refractivity contribution in [3.05, 3.63) is 24.0 Å². The number of aromatic nitrogens is 4. The Kier molecular flexibility index (Phi) is 4.16. The summed E-state index contributed by atoms with van der Waals surface area (Å²) >= 11 is 0. The predicted molar refractivity (Wildman–Crippen MR) is 106 cm³/mol. The van der Waals surface area contributed by atoms with E-state index in [1.165, 1.54) is 0 Å². The highest BCUT2D eigenvalue weighted by Crippen LogP contribution is 2.32. The summed E-state index contributed by atoms with van der Waals surface area (Å²) in [6, 6.07) is 5.75. The number of hydrogen-bond donors (Lipinski definition) is 1. The first-order chi connectivity index (χ1) is 12.9. The van der Waals surface area contributed by atoms with E-state index in [9.17, 15) is 0 Å². The van der Waals surface area contributed by atoms with Crippen LogP contribution in [0.5, 0.6) is 5.75 Å². The van der Waals surface area contributed by atoms with Gasteiger partial charge in [-0.1, -0.05) is 12.0 Å². The minimum Gasteiger partial charge on any atom is -0.494 e. The minimum absolute atomic E-state index is 0.214. The molecule has 1 atom stereocenters. The molecule has 0 bridgehead atoms. The zero-order valence-electron chi connectivity index (χ0n) is 15.9. The molecule has 0 aliphatic carbocycles. The maximum atomic E-state index is 6.16. The van der Waals surface area contributed by atoms with E-state index in [4.69, 9.17) is 21.9 Å². The van der Waals surface area contributed by atoms with Gasteiger partial charge in [-0.3, -0.25) is 4.90 Å². The number of methoxy groups -OCH3 is 1. The highest BCUT2D eigenvalue weighted by atomic mass is 16.5. The molecule has 4 rings (SSSR count). The first-order valence-corrected chi connectivity index (χ1v) is 9.16. The van der Waals surface area contributed by atoms with Crippen molar-refractivity contribution in [2.75, 3.05) is 25.9 Å². The topological polar surface area (TPSA) is 81.6 Å². The summed E-state index contributed by atoms with van der Waals surface area (Å²) in [4.78, 5) is 11.6. The van der Waals surface area contributed by atoms with Crippen LogP contribution in [0.3, 0.4) is 0 Å². The van der Waals surface area contributed by atoms with Crippen LogP contribution in [0.25, 0.3) is 16.6 Å². The summed E-state index contributed by atoms with van der Waals surface area (Å²) in [6.07, 6.45) is 7.82. The lowest BCUT2D eigenvalue weighted by Gasteiger charge is -2.39. The smallest absolute Gasteiger partial charge is 0.223 e. The predicted octanol–water partition coefficient (Wildman–Crippen LogP) is 2.46. The van der Waals surface area contributed by atoms with Gasteiger partial charge in [0.05, 0.1) is 12.6 Å². The first kappa shape index (κ1) is 17.6. The number of fused-ring (bicyclic) bond motifs is 3. The van der Waals surface area contributed by atoms with Crippen molar-refractivity contribution in [1.29, 1.82) is 0 Å². The average molecular weight is 364 g/mol. The van der Waals surface area contributed by atoms with Crippen molar-refractivity contribution in [3.63, 3.8) is 0 Å². The molecule has 1 fully saturated rings. The van der Waals surface area contributed by atoms with E-state index in [1.807, 2.05) is 18.2 Å². The van der Waals surface area contributed by atoms with Crippen molar-refractivity contribution in [2.24, 2.45) is 0 Å². The maximum absolute atomic E-state index is 6.16. The first-order valence-electron chi connectivity index (χ1n) is 9.16. The standard InChI is InChI=1S/C20H24N6O/c1-5-20(2,3)25-11-7-8-13(12-25)17-23-18-14-9-6-10-15(27-4)16(14)22-19(21)26(18)24-17/h1,6,9-10,13H,7-8,11-12H2,2-4H3,(H2,21,22)/t13-/m1/s1. The molecular formula is C20H24N6O. The van der Waals surface area contributed by atoms with Gasteiger partial charge < -0.3 is 10.5 Å². The molecule has 1 aliphatic rings. The average Bonchev–Trinajstić information content (AvgIpc) is 3.14. The number of rotatable bonds is 3. The second kappa shape index (κ2) is 6.39. The van der Waals surface area contributed by atoms with Crippen LogP contribution in [0.4, 0.5) is 5.95 Å². The van der Waals surface area contributed by atoms with Gasteiger partial charge in [0.2, 0.25) is 5.95 Å². The largest absolute Gasteiger partial charge is 0.494 e. The minimum atomic E-state index is -0.279. The highest BCUT2D eigenvalue weighted by Gasteiger charge is 2.32. The van der Waals surface area contributed by atoms with Crippen LogP contribution < -0.4 is 10.5 Å². The van der Waals surface area contributed by atoms with E-state index < -0.39 is 0 Å². The van der Waals surface area contributed by atoms with E-state index in [1.54, 1.807) is 11.6 Å². The number of nitrogen functional groups attached to an aromatic ring is 1. The summed E-state index contributed by atoms with van der Waals surface area (Å²) in [5, 5.41) is 5.56. The molecule has 0 radical (unpaired) electrons. The molecule has 3 aromatic rings. The van der Waals surface area contributed by atoms with Crippen molar-refractivity contribution in [2.45, 2.75) is 38.1 Å². The fourth-order valence-corrected chi connectivity index (χ4v) is 3.77. The van der Waals surface area contributed by atoms with E-state index in [-0.39, 0.29) is 11.5 Å². The zero-order chi connectivity index (χ0) is 19.2. The second-order valence-corrected chi connectivity index (χ2v) is 7.52. The number of likely N-dealkylation sites (tertiary alicyclic amines) is 1. The molecule has 27 heavy (non-hydrogen) atoms. The Hall–Kier alpha value is -2.85. The van der Waals surface area contributed by atoms with Crippen LogP contribution in [0.1, 0.15) is 38.4 Å². The number of terminal acetylenes is 1. The fraction of sp³-hybridized carbons (Fsp3) is 0.450. The van der Waals surface area contributed by atoms with Gasteiger partial charge in [0, 0.05) is 17.8 Å². The Morgan fingerprint density at radius 2 is 2.15 bits per heavy atom. The third-order valence-corrected chi connectivity index (χ3v) is 5.46. The SMILES string of the molecule is C#CC(C)(C)N1CCC[C@@H](c2nc3c4cccc(OC)c4nc(N)n3n2)C1. The van der Waals surface area contributed by atoms with E-state index in [0.717, 1.165) is 37.1 Å². The van der Waals surface area contributed by atoms with Crippen molar-refractivity contribution in [1.82, 2.24) is 24.5 Å². The van der Waals surface area contributed by atoms with Crippen LogP contribution in [0.15, 0.2) is 18.2 Å². The second-order valence-electron chi connectivity index (χ2n) is 7.52. The van der Waals surface area contributed by atoms with Gasteiger partial charge in [-0.25, -0.2) is 9.97 Å². The number of benzene rings is 1. The molecule has 1 aromatic carbocycles. The summed E-state index contributed by atoms with van der Waals surface area (Å²) in [5.41, 5.74) is 7.29. The Morgan fingerprint density at radius 3 is 2.89 bits per heavy atom. The number of hydrogen-bond acceptors (Lipinski definition) is 6. The van der Waals surface area contributed by atoms with Gasteiger partial charge in [0.25, 0.3) is 0 Å². The lowest BCUT2D eigenvalue weighted by Crippen LogP contribution is -2.47. The monoisotopic (exact) mass is 364 g/mol. The molecule has 2 aromatic heterocycles. The molecule has 0 spiro atoms. The maximum Gasteiger partial charge on any atom is 0.223 e. The Bertz CT molecular complexity index is 1050. The van der Waals surface area contributed by atoms with Gasteiger partial charge in [-0.2, -0.15) is 4.52 Å². The lowest BCUT2D eigenvalue weighted by molar-refractivity contribution is 0.123. The lowest BCUT2D eigenvalue weighted by atomic mass is 9.92. The molecule has 140 valence electrons. The quantitative estimate of drug-likeness (QED) is 0.719. The van der Waals surface area contributed by atoms with Gasteiger partial charge >= 0.3 is 0 Å². The van der Waals surface area contributed by atoms with Crippen molar-refractivity contribution < 1.29 is 4.74 Å². The summed E-state index contributed by atoms with van der Waals surface area (Å²) < 4.78 is 7.04. The van der Waals surface area contributed by atoms with Crippen molar-refractivity contribution >= 4 is 22.5 Å². The Labute approximate surface area is 158 Å². The summed E-state index contributed by atoms with van der Waals surface area (Å²) in [7, 11) is 1.62. The van der Waals surface area contributed by atoms with Gasteiger partial charge in [0.1, 0.15) is 11.3 Å². The summed E-state index contributed by atoms with van der Waals surface area (Å²) in [6.45, 7) is 5.98. The highest BCUT2D eigenvalue weighted by molar-refractivity contribution is 5.95. The molecule has 0 saturated carbocycles. The summed E-state index contributed by atoms with van der Waals surface area (Å²) in [5.74, 6) is 4.87. The molecule has 0 amide bonds. The van der Waals surface area contributed by atoms with Crippen LogP contribution in [0, 0.1) is 12.3 Å². The molecule has 1 aliphatic heterocycles. The Morgan fingerprint density at radius 1 is 1.33 bits per heavy atom. The normalized spacial score (nSPS) is 18.7. The molecule has 7 heteroatoms. The molecule has 3 heterocycles. The Balaban J connectivity index is 1.79. The number of piperidine rings is 1. The van der Waals surface area contributed by atoms with Crippen LogP contribution in [-0.2, 0) is 0 Å². The molecular weight excluding hydrogens is 340 g/mol. The van der Waals surface area contributed by atoms with Gasteiger partial charge in [-0.05, 0) is 45.4 Å². The number of ether oxygens (including phenoxy) is 1. The third kappa shape index (κ3) is 2.86.